The highest BCUT2D eigenvalue weighted by Gasteiger charge is 2.53. The van der Waals surface area contributed by atoms with Gasteiger partial charge in [0.05, 0.1) is 0 Å². The van der Waals surface area contributed by atoms with Gasteiger partial charge in [0.1, 0.15) is 5.58 Å². The van der Waals surface area contributed by atoms with E-state index in [-0.39, 0.29) is 5.91 Å². The molecular weight excluding hydrogens is 228 g/mol. The molecule has 92 valence electrons. The van der Waals surface area contributed by atoms with Crippen molar-refractivity contribution in [3.63, 3.8) is 0 Å². The molecule has 1 aromatic carbocycles. The van der Waals surface area contributed by atoms with Crippen LogP contribution in [0.1, 0.15) is 10.6 Å². The Morgan fingerprint density at radius 3 is 2.83 bits per heavy atom. The quantitative estimate of drug-likeness (QED) is 0.836. The van der Waals surface area contributed by atoms with Gasteiger partial charge in [-0.2, -0.15) is 0 Å². The average molecular weight is 242 g/mol. The van der Waals surface area contributed by atoms with Gasteiger partial charge in [0, 0.05) is 24.5 Å². The average Bonchev–Trinajstić information content (AvgIpc) is 2.84. The fourth-order valence-electron chi connectivity index (χ4n) is 2.95. The van der Waals surface area contributed by atoms with Gasteiger partial charge in [0.25, 0.3) is 5.91 Å². The molecule has 1 aliphatic heterocycles. The summed E-state index contributed by atoms with van der Waals surface area (Å²) in [7, 11) is 0. The van der Waals surface area contributed by atoms with E-state index in [1.54, 1.807) is 6.07 Å². The van der Waals surface area contributed by atoms with Crippen LogP contribution < -0.4 is 10.6 Å². The van der Waals surface area contributed by atoms with Crippen LogP contribution in [0.15, 0.2) is 34.7 Å². The molecule has 0 bridgehead atoms. The lowest BCUT2D eigenvalue weighted by molar-refractivity contribution is 0.0921. The molecule has 1 saturated carbocycles. The molecule has 0 radical (unpaired) electrons. The number of para-hydroxylation sites is 1. The van der Waals surface area contributed by atoms with Gasteiger partial charge in [-0.25, -0.2) is 0 Å². The molecule has 4 nitrogen and oxygen atoms in total. The lowest BCUT2D eigenvalue weighted by atomic mass is 10.2. The summed E-state index contributed by atoms with van der Waals surface area (Å²) in [5.74, 6) is 1.57. The zero-order valence-corrected chi connectivity index (χ0v) is 9.85. The Hall–Kier alpha value is -1.81. The van der Waals surface area contributed by atoms with E-state index in [1.807, 2.05) is 24.3 Å². The number of carbonyl (C=O) groups is 1. The van der Waals surface area contributed by atoms with E-state index >= 15 is 0 Å². The Balaban J connectivity index is 1.54. The minimum absolute atomic E-state index is 0.0920. The first-order chi connectivity index (χ1) is 8.83. The van der Waals surface area contributed by atoms with Crippen LogP contribution in [-0.2, 0) is 0 Å². The predicted octanol–water partition coefficient (Wildman–Crippen LogP) is 1.38. The number of benzene rings is 1. The van der Waals surface area contributed by atoms with Gasteiger partial charge in [0.2, 0.25) is 0 Å². The molecule has 1 saturated heterocycles. The summed E-state index contributed by atoms with van der Waals surface area (Å²) in [5.41, 5.74) is 0.764. The number of rotatable bonds is 2. The lowest BCUT2D eigenvalue weighted by Gasteiger charge is -2.05. The SMILES string of the molecule is O=C(NC1C2CNCC21)c1cc2ccccc2o1. The van der Waals surface area contributed by atoms with Crippen LogP contribution in [-0.4, -0.2) is 25.0 Å². The Labute approximate surface area is 104 Å². The number of nitrogens with one attached hydrogen (secondary N) is 2. The van der Waals surface area contributed by atoms with Gasteiger partial charge in [-0.3, -0.25) is 4.79 Å². The van der Waals surface area contributed by atoms with Crippen LogP contribution in [0.5, 0.6) is 0 Å². The van der Waals surface area contributed by atoms with Gasteiger partial charge in [-0.05, 0) is 24.0 Å². The van der Waals surface area contributed by atoms with Gasteiger partial charge in [-0.15, -0.1) is 0 Å². The Kier molecular flexibility index (Phi) is 2.02. The van der Waals surface area contributed by atoms with E-state index in [9.17, 15) is 4.79 Å². The Morgan fingerprint density at radius 2 is 2.06 bits per heavy atom. The van der Waals surface area contributed by atoms with Gasteiger partial charge in [-0.1, -0.05) is 18.2 Å². The first-order valence-electron chi connectivity index (χ1n) is 6.33. The molecule has 2 heterocycles. The first kappa shape index (κ1) is 10.1. The Bertz CT molecular complexity index is 576. The molecular formula is C14H14N2O2. The van der Waals surface area contributed by atoms with E-state index in [1.165, 1.54) is 0 Å². The molecule has 2 aromatic rings. The molecule has 1 aromatic heterocycles. The highest BCUT2D eigenvalue weighted by Crippen LogP contribution is 2.41. The van der Waals surface area contributed by atoms with Crippen LogP contribution in [0.4, 0.5) is 0 Å². The number of piperidine rings is 1. The second kappa shape index (κ2) is 3.59. The highest BCUT2D eigenvalue weighted by atomic mass is 16.3. The summed E-state index contributed by atoms with van der Waals surface area (Å²) < 4.78 is 5.55. The van der Waals surface area contributed by atoms with Crippen molar-refractivity contribution < 1.29 is 9.21 Å². The third-order valence-corrected chi connectivity index (χ3v) is 4.04. The second-order valence-corrected chi connectivity index (χ2v) is 5.13. The molecule has 2 fully saturated rings. The molecule has 1 aliphatic carbocycles. The number of fused-ring (bicyclic) bond motifs is 2. The molecule has 2 unspecified atom stereocenters. The molecule has 4 rings (SSSR count). The van der Waals surface area contributed by atoms with Crippen LogP contribution in [0.2, 0.25) is 0 Å². The zero-order chi connectivity index (χ0) is 12.1. The standard InChI is InChI=1S/C14H14N2O2/c17-14(16-13-9-6-15-7-10(9)13)12-5-8-3-1-2-4-11(8)18-12/h1-5,9-10,13,15H,6-7H2,(H,16,17). The molecule has 2 atom stereocenters. The predicted molar refractivity (Wildman–Crippen MR) is 67.3 cm³/mol. The van der Waals surface area contributed by atoms with Crippen molar-refractivity contribution in [2.24, 2.45) is 11.8 Å². The van der Waals surface area contributed by atoms with E-state index < -0.39 is 0 Å². The monoisotopic (exact) mass is 242 g/mol. The highest BCUT2D eigenvalue weighted by molar-refractivity contribution is 5.96. The van der Waals surface area contributed by atoms with Crippen molar-refractivity contribution in [2.75, 3.05) is 13.1 Å². The minimum atomic E-state index is -0.0920. The molecule has 2 aliphatic rings. The van der Waals surface area contributed by atoms with Crippen molar-refractivity contribution in [2.45, 2.75) is 6.04 Å². The summed E-state index contributed by atoms with van der Waals surface area (Å²) in [4.78, 5) is 12.1. The number of hydrogen-bond donors (Lipinski definition) is 2. The second-order valence-electron chi connectivity index (χ2n) is 5.13. The van der Waals surface area contributed by atoms with Crippen molar-refractivity contribution in [3.8, 4) is 0 Å². The van der Waals surface area contributed by atoms with E-state index in [0.29, 0.717) is 23.6 Å². The van der Waals surface area contributed by atoms with E-state index in [4.69, 9.17) is 4.42 Å². The number of carbonyl (C=O) groups excluding carboxylic acids is 1. The van der Waals surface area contributed by atoms with Gasteiger partial charge < -0.3 is 15.1 Å². The van der Waals surface area contributed by atoms with Crippen molar-refractivity contribution >= 4 is 16.9 Å². The third kappa shape index (κ3) is 1.46. The maximum atomic E-state index is 12.1. The number of hydrogen-bond acceptors (Lipinski definition) is 3. The van der Waals surface area contributed by atoms with Crippen LogP contribution in [0, 0.1) is 11.8 Å². The van der Waals surface area contributed by atoms with Crippen molar-refractivity contribution in [1.29, 1.82) is 0 Å². The van der Waals surface area contributed by atoms with Crippen LogP contribution in [0.25, 0.3) is 11.0 Å². The molecule has 18 heavy (non-hydrogen) atoms. The third-order valence-electron chi connectivity index (χ3n) is 4.04. The largest absolute Gasteiger partial charge is 0.451 e. The normalized spacial score (nSPS) is 29.2. The smallest absolute Gasteiger partial charge is 0.287 e. The van der Waals surface area contributed by atoms with Crippen LogP contribution >= 0.6 is 0 Å². The van der Waals surface area contributed by atoms with Gasteiger partial charge >= 0.3 is 0 Å². The number of amides is 1. The van der Waals surface area contributed by atoms with Crippen molar-refractivity contribution in [3.05, 3.63) is 36.1 Å². The summed E-state index contributed by atoms with van der Waals surface area (Å²) in [6, 6.07) is 9.82. The molecule has 0 spiro atoms. The summed E-state index contributed by atoms with van der Waals surface area (Å²) in [5, 5.41) is 7.34. The maximum Gasteiger partial charge on any atom is 0.287 e. The van der Waals surface area contributed by atoms with Crippen LogP contribution in [0.3, 0.4) is 0 Å². The summed E-state index contributed by atoms with van der Waals surface area (Å²) >= 11 is 0. The fraction of sp³-hybridized carbons (Fsp3) is 0.357. The lowest BCUT2D eigenvalue weighted by Crippen LogP contribution is -2.32. The topological polar surface area (TPSA) is 54.3 Å². The number of furan rings is 1. The Morgan fingerprint density at radius 1 is 1.28 bits per heavy atom. The maximum absolute atomic E-state index is 12.1. The zero-order valence-electron chi connectivity index (χ0n) is 9.85. The molecule has 4 heteroatoms. The summed E-state index contributed by atoms with van der Waals surface area (Å²) in [6.07, 6.45) is 0. The van der Waals surface area contributed by atoms with E-state index in [0.717, 1.165) is 24.1 Å². The summed E-state index contributed by atoms with van der Waals surface area (Å²) in [6.45, 7) is 2.05. The fourth-order valence-corrected chi connectivity index (χ4v) is 2.95. The first-order valence-corrected chi connectivity index (χ1v) is 6.33. The van der Waals surface area contributed by atoms with Gasteiger partial charge in [0.15, 0.2) is 5.76 Å². The van der Waals surface area contributed by atoms with Crippen molar-refractivity contribution in [1.82, 2.24) is 10.6 Å². The molecule has 2 N–H and O–H groups in total. The van der Waals surface area contributed by atoms with E-state index in [2.05, 4.69) is 10.6 Å². The minimum Gasteiger partial charge on any atom is -0.451 e. The molecule has 1 amide bonds.